The van der Waals surface area contributed by atoms with Crippen LogP contribution >= 0.6 is 0 Å². The molecular formula is C15H14N6O2. The molecule has 0 saturated heterocycles. The summed E-state index contributed by atoms with van der Waals surface area (Å²) in [5, 5.41) is 14.5. The third kappa shape index (κ3) is 4.34. The van der Waals surface area contributed by atoms with Crippen LogP contribution < -0.4 is 10.1 Å². The maximum Gasteiger partial charge on any atom is 0.248 e. The smallest absolute Gasteiger partial charge is 0.248 e. The van der Waals surface area contributed by atoms with Crippen LogP contribution in [-0.2, 0) is 17.9 Å². The molecule has 3 aromatic rings. The zero-order valence-corrected chi connectivity index (χ0v) is 12.2. The highest BCUT2D eigenvalue weighted by molar-refractivity contribution is 5.90. The summed E-state index contributed by atoms with van der Waals surface area (Å²) in [6.45, 7) is 0.154. The fourth-order valence-electron chi connectivity index (χ4n) is 1.83. The summed E-state index contributed by atoms with van der Waals surface area (Å²) in [5.41, 5.74) is 0.616. The van der Waals surface area contributed by atoms with Crippen LogP contribution in [0.25, 0.3) is 0 Å². The van der Waals surface area contributed by atoms with Crippen molar-refractivity contribution in [2.45, 2.75) is 13.2 Å². The Morgan fingerprint density at radius 2 is 2.04 bits per heavy atom. The van der Waals surface area contributed by atoms with Gasteiger partial charge in [0, 0.05) is 6.20 Å². The van der Waals surface area contributed by atoms with Gasteiger partial charge in [0.05, 0.1) is 11.9 Å². The average molecular weight is 310 g/mol. The molecule has 1 N–H and O–H groups in total. The van der Waals surface area contributed by atoms with Gasteiger partial charge in [-0.3, -0.25) is 9.78 Å². The molecule has 0 fully saturated rings. The Balaban J connectivity index is 1.52. The average Bonchev–Trinajstić information content (AvgIpc) is 3.02. The van der Waals surface area contributed by atoms with Crippen LogP contribution in [0.5, 0.6) is 5.75 Å². The molecule has 0 radical (unpaired) electrons. The lowest BCUT2D eigenvalue weighted by Crippen LogP contribution is -2.20. The molecule has 0 atom stereocenters. The summed E-state index contributed by atoms with van der Waals surface area (Å²) in [4.78, 5) is 17.0. The van der Waals surface area contributed by atoms with Gasteiger partial charge in [0.15, 0.2) is 6.61 Å². The number of anilines is 1. The second-order valence-corrected chi connectivity index (χ2v) is 4.63. The summed E-state index contributed by atoms with van der Waals surface area (Å²) in [7, 11) is 0. The zero-order chi connectivity index (χ0) is 15.9. The Hall–Kier alpha value is -3.29. The van der Waals surface area contributed by atoms with Gasteiger partial charge in [-0.1, -0.05) is 18.2 Å². The first kappa shape index (κ1) is 14.6. The van der Waals surface area contributed by atoms with Gasteiger partial charge in [0.1, 0.15) is 12.3 Å². The number of nitrogens with zero attached hydrogens (tertiary/aromatic N) is 5. The molecule has 1 amide bonds. The second kappa shape index (κ2) is 7.12. The van der Waals surface area contributed by atoms with Crippen LogP contribution in [0.15, 0.2) is 54.9 Å². The molecule has 0 unspecified atom stereocenters. The van der Waals surface area contributed by atoms with Crippen LogP contribution in [-0.4, -0.2) is 31.1 Å². The van der Waals surface area contributed by atoms with E-state index in [1.165, 1.54) is 4.80 Å². The van der Waals surface area contributed by atoms with Crippen LogP contribution in [0.3, 0.4) is 0 Å². The van der Waals surface area contributed by atoms with Crippen molar-refractivity contribution in [3.05, 3.63) is 60.7 Å². The summed E-state index contributed by atoms with van der Waals surface area (Å²) in [6.07, 6.45) is 3.19. The lowest BCUT2D eigenvalue weighted by atomic mass is 10.3. The monoisotopic (exact) mass is 310 g/mol. The van der Waals surface area contributed by atoms with Gasteiger partial charge < -0.3 is 10.1 Å². The molecule has 0 bridgehead atoms. The summed E-state index contributed by atoms with van der Waals surface area (Å²) < 4.78 is 5.52. The lowest BCUT2D eigenvalue weighted by Gasteiger charge is -2.03. The minimum Gasteiger partial charge on any atom is -0.485 e. The molecular weight excluding hydrogens is 296 g/mol. The van der Waals surface area contributed by atoms with Gasteiger partial charge in [-0.05, 0) is 29.5 Å². The number of benzene rings is 1. The molecule has 2 aromatic heterocycles. The molecule has 23 heavy (non-hydrogen) atoms. The Labute approximate surface area is 132 Å². The van der Waals surface area contributed by atoms with E-state index in [4.69, 9.17) is 4.74 Å². The fourth-order valence-corrected chi connectivity index (χ4v) is 1.83. The molecule has 116 valence electrons. The van der Waals surface area contributed by atoms with Gasteiger partial charge in [0.25, 0.3) is 0 Å². The number of carbonyl (C=O) groups is 1. The van der Waals surface area contributed by atoms with Crippen molar-refractivity contribution >= 4 is 11.6 Å². The standard InChI is InChI=1S/C15H14N6O2/c22-15(17-12-5-4-8-16-9-12)10-21-19-14(18-20-21)11-23-13-6-2-1-3-7-13/h1-9H,10-11H2,(H,17,22). The molecule has 0 aliphatic heterocycles. The fraction of sp³-hybridized carbons (Fsp3) is 0.133. The van der Waals surface area contributed by atoms with Gasteiger partial charge in [-0.15, -0.1) is 10.2 Å². The number of rotatable bonds is 6. The number of ether oxygens (including phenoxy) is 1. The number of aromatic nitrogens is 5. The van der Waals surface area contributed by atoms with Gasteiger partial charge >= 0.3 is 0 Å². The van der Waals surface area contributed by atoms with E-state index in [9.17, 15) is 4.79 Å². The van der Waals surface area contributed by atoms with Gasteiger partial charge in [0.2, 0.25) is 11.7 Å². The molecule has 2 heterocycles. The van der Waals surface area contributed by atoms with E-state index in [2.05, 4.69) is 25.7 Å². The first-order chi connectivity index (χ1) is 11.3. The predicted molar refractivity (Wildman–Crippen MR) is 81.5 cm³/mol. The molecule has 0 aliphatic carbocycles. The number of carbonyl (C=O) groups excluding carboxylic acids is 1. The minimum atomic E-state index is -0.258. The van der Waals surface area contributed by atoms with E-state index in [1.54, 1.807) is 24.5 Å². The molecule has 3 rings (SSSR count). The maximum atomic E-state index is 11.9. The number of tetrazole rings is 1. The van der Waals surface area contributed by atoms with Crippen LogP contribution in [0, 0.1) is 0 Å². The molecule has 8 heteroatoms. The first-order valence-electron chi connectivity index (χ1n) is 6.94. The third-order valence-electron chi connectivity index (χ3n) is 2.84. The molecule has 0 aliphatic rings. The van der Waals surface area contributed by atoms with E-state index in [-0.39, 0.29) is 19.1 Å². The van der Waals surface area contributed by atoms with Crippen LogP contribution in [0.1, 0.15) is 5.82 Å². The number of nitrogens with one attached hydrogen (secondary N) is 1. The highest BCUT2D eigenvalue weighted by atomic mass is 16.5. The van der Waals surface area contributed by atoms with Crippen LogP contribution in [0.4, 0.5) is 5.69 Å². The molecule has 0 saturated carbocycles. The lowest BCUT2D eigenvalue weighted by molar-refractivity contribution is -0.117. The molecule has 1 aromatic carbocycles. The maximum absolute atomic E-state index is 11.9. The summed E-state index contributed by atoms with van der Waals surface area (Å²) in [5.74, 6) is 0.868. The largest absolute Gasteiger partial charge is 0.485 e. The SMILES string of the molecule is O=C(Cn1nnc(COc2ccccc2)n1)Nc1cccnc1. The second-order valence-electron chi connectivity index (χ2n) is 4.63. The van der Waals surface area contributed by atoms with Gasteiger partial charge in [-0.25, -0.2) is 0 Å². The Morgan fingerprint density at radius 3 is 2.83 bits per heavy atom. The Morgan fingerprint density at radius 1 is 1.17 bits per heavy atom. The van der Waals surface area contributed by atoms with Crippen molar-refractivity contribution in [3.8, 4) is 5.75 Å². The summed E-state index contributed by atoms with van der Waals surface area (Å²) >= 11 is 0. The van der Waals surface area contributed by atoms with E-state index >= 15 is 0 Å². The van der Waals surface area contributed by atoms with Crippen molar-refractivity contribution in [1.29, 1.82) is 0 Å². The van der Waals surface area contributed by atoms with E-state index in [1.807, 2.05) is 30.3 Å². The number of amides is 1. The number of hydrogen-bond acceptors (Lipinski definition) is 6. The van der Waals surface area contributed by atoms with Crippen molar-refractivity contribution in [2.75, 3.05) is 5.32 Å². The molecule has 0 spiro atoms. The topological polar surface area (TPSA) is 94.8 Å². The number of para-hydroxylation sites is 1. The van der Waals surface area contributed by atoms with E-state index in [0.29, 0.717) is 11.5 Å². The van der Waals surface area contributed by atoms with E-state index < -0.39 is 0 Å². The Kier molecular flexibility index (Phi) is 4.53. The quantitative estimate of drug-likeness (QED) is 0.737. The molecule has 8 nitrogen and oxygen atoms in total. The Bertz CT molecular complexity index is 760. The number of pyridine rings is 1. The van der Waals surface area contributed by atoms with Crippen molar-refractivity contribution < 1.29 is 9.53 Å². The van der Waals surface area contributed by atoms with Gasteiger partial charge in [-0.2, -0.15) is 4.80 Å². The zero-order valence-electron chi connectivity index (χ0n) is 12.2. The third-order valence-corrected chi connectivity index (χ3v) is 2.84. The van der Waals surface area contributed by atoms with Crippen molar-refractivity contribution in [2.24, 2.45) is 0 Å². The minimum absolute atomic E-state index is 0.0345. The van der Waals surface area contributed by atoms with E-state index in [0.717, 1.165) is 5.75 Å². The summed E-state index contributed by atoms with van der Waals surface area (Å²) in [6, 6.07) is 12.8. The van der Waals surface area contributed by atoms with Crippen molar-refractivity contribution in [3.63, 3.8) is 0 Å². The van der Waals surface area contributed by atoms with Crippen molar-refractivity contribution in [1.82, 2.24) is 25.2 Å². The van der Waals surface area contributed by atoms with Crippen LogP contribution in [0.2, 0.25) is 0 Å². The number of hydrogen-bond donors (Lipinski definition) is 1. The normalized spacial score (nSPS) is 10.3. The highest BCUT2D eigenvalue weighted by Crippen LogP contribution is 2.09. The first-order valence-corrected chi connectivity index (χ1v) is 6.94. The highest BCUT2D eigenvalue weighted by Gasteiger charge is 2.08. The predicted octanol–water partition coefficient (Wildman–Crippen LogP) is 1.29.